The Morgan fingerprint density at radius 3 is 1.90 bits per heavy atom. The number of carbonyl (C=O) groups is 1. The molecule has 0 aromatic carbocycles. The van der Waals surface area contributed by atoms with Gasteiger partial charge in [-0.1, -0.05) is 27.7 Å². The van der Waals surface area contributed by atoms with Gasteiger partial charge in [0.15, 0.2) is 0 Å². The molecular weight excluding hydrogens is 273 g/mol. The fourth-order valence-corrected chi connectivity index (χ4v) is 2.75. The van der Waals surface area contributed by atoms with Crippen molar-refractivity contribution in [1.29, 1.82) is 0 Å². The lowest BCUT2D eigenvalue weighted by Gasteiger charge is -2.30. The van der Waals surface area contributed by atoms with Crippen molar-refractivity contribution in [2.45, 2.75) is 79.7 Å². The predicted molar refractivity (Wildman–Crippen MR) is 87.9 cm³/mol. The number of rotatable bonds is 11. The van der Waals surface area contributed by atoms with Gasteiger partial charge in [-0.15, -0.1) is 0 Å². The van der Waals surface area contributed by atoms with Gasteiger partial charge < -0.3 is 13.8 Å². The molecule has 0 unspecified atom stereocenters. The third-order valence-electron chi connectivity index (χ3n) is 2.32. The first kappa shape index (κ1) is 22.3. The van der Waals surface area contributed by atoms with Crippen LogP contribution < -0.4 is 5.09 Å². The van der Waals surface area contributed by atoms with Crippen molar-refractivity contribution in [3.63, 3.8) is 0 Å². The van der Waals surface area contributed by atoms with Gasteiger partial charge in [-0.3, -0.25) is 0 Å². The fourth-order valence-electron chi connectivity index (χ4n) is 1.24. The summed E-state index contributed by atoms with van der Waals surface area (Å²) in [5, 5.41) is 3.39. The summed E-state index contributed by atoms with van der Waals surface area (Å²) < 4.78 is 11.4. The first-order valence-corrected chi connectivity index (χ1v) is 8.92. The average molecular weight is 307 g/mol. The van der Waals surface area contributed by atoms with Crippen LogP contribution in [0, 0.1) is 0 Å². The van der Waals surface area contributed by atoms with Crippen LogP contribution in [-0.2, 0) is 13.8 Å². The molecule has 0 atom stereocenters. The molecule has 0 heterocycles. The summed E-state index contributed by atoms with van der Waals surface area (Å²) in [6, 6.07) is 0. The second kappa shape index (κ2) is 13.9. The molecule has 5 heteroatoms. The highest BCUT2D eigenvalue weighted by atomic mass is 31.2. The molecule has 20 heavy (non-hydrogen) atoms. The molecule has 0 rings (SSSR count). The van der Waals surface area contributed by atoms with Gasteiger partial charge in [0.25, 0.3) is 8.53 Å². The van der Waals surface area contributed by atoms with Crippen molar-refractivity contribution >= 4 is 14.3 Å². The first-order chi connectivity index (χ1) is 9.41. The highest BCUT2D eigenvalue weighted by Gasteiger charge is 2.24. The summed E-state index contributed by atoms with van der Waals surface area (Å²) in [6.45, 7) is 15.3. The topological polar surface area (TPSA) is 47.6 Å². The molecule has 0 aromatic rings. The Morgan fingerprint density at radius 2 is 1.55 bits per heavy atom. The quantitative estimate of drug-likeness (QED) is 0.555. The maximum Gasteiger partial charge on any atom is 0.256 e. The van der Waals surface area contributed by atoms with Crippen molar-refractivity contribution in [3.05, 3.63) is 0 Å². The van der Waals surface area contributed by atoms with Crippen molar-refractivity contribution in [2.75, 3.05) is 13.2 Å². The molecule has 0 aliphatic rings. The van der Waals surface area contributed by atoms with E-state index in [1.165, 1.54) is 0 Å². The van der Waals surface area contributed by atoms with E-state index < -0.39 is 8.53 Å². The van der Waals surface area contributed by atoms with E-state index in [0.717, 1.165) is 19.3 Å². The molecule has 0 aliphatic carbocycles. The molecule has 1 N–H and O–H groups in total. The molecule has 0 aliphatic heterocycles. The Bertz CT molecular complexity index is 227. The minimum absolute atomic E-state index is 0.140. The van der Waals surface area contributed by atoms with E-state index in [4.69, 9.17) is 9.05 Å². The standard InChI is InChI=1S/C13H28NO3P.C2H6/c1-6-10-16-18(17-11-7-2)14-13(4,5)9-8-12(3)15;1-2/h14H,6-11H2,1-5H3;1-2H3. The zero-order valence-electron chi connectivity index (χ0n) is 14.4. The average Bonchev–Trinajstić information content (AvgIpc) is 2.42. The highest BCUT2D eigenvalue weighted by molar-refractivity contribution is 7.45. The summed E-state index contributed by atoms with van der Waals surface area (Å²) in [7, 11) is -1.05. The van der Waals surface area contributed by atoms with Gasteiger partial charge in [-0.05, 0) is 40.0 Å². The molecule has 4 nitrogen and oxygen atoms in total. The Kier molecular flexibility index (Phi) is 15.5. The minimum Gasteiger partial charge on any atom is -0.322 e. The molecule has 0 amide bonds. The molecular formula is C15H34NO3P. The number of hydrogen-bond donors (Lipinski definition) is 1. The maximum absolute atomic E-state index is 11.0. The summed E-state index contributed by atoms with van der Waals surface area (Å²) in [5.41, 5.74) is -0.140. The lowest BCUT2D eigenvalue weighted by molar-refractivity contribution is -0.117. The van der Waals surface area contributed by atoms with E-state index in [-0.39, 0.29) is 11.3 Å². The van der Waals surface area contributed by atoms with Crippen LogP contribution in [0.5, 0.6) is 0 Å². The lowest BCUT2D eigenvalue weighted by atomic mass is 9.99. The van der Waals surface area contributed by atoms with Crippen LogP contribution in [0.2, 0.25) is 0 Å². The Hall–Kier alpha value is -0.0200. The van der Waals surface area contributed by atoms with Crippen LogP contribution >= 0.6 is 8.53 Å². The van der Waals surface area contributed by atoms with Crippen molar-refractivity contribution in [2.24, 2.45) is 0 Å². The van der Waals surface area contributed by atoms with Crippen molar-refractivity contribution < 1.29 is 13.8 Å². The van der Waals surface area contributed by atoms with E-state index >= 15 is 0 Å². The van der Waals surface area contributed by atoms with Gasteiger partial charge in [0, 0.05) is 12.0 Å². The SMILES string of the molecule is CC.CCCOP(NC(C)(C)CCC(C)=O)OCCC. The largest absolute Gasteiger partial charge is 0.322 e. The molecule has 0 fully saturated rings. The lowest BCUT2D eigenvalue weighted by Crippen LogP contribution is -2.36. The molecule has 0 spiro atoms. The van der Waals surface area contributed by atoms with Crippen LogP contribution in [0.3, 0.4) is 0 Å². The van der Waals surface area contributed by atoms with Crippen LogP contribution in [-0.4, -0.2) is 24.5 Å². The smallest absolute Gasteiger partial charge is 0.256 e. The van der Waals surface area contributed by atoms with Crippen LogP contribution in [0.15, 0.2) is 0 Å². The molecule has 0 saturated heterocycles. The summed E-state index contributed by atoms with van der Waals surface area (Å²) >= 11 is 0. The van der Waals surface area contributed by atoms with Crippen molar-refractivity contribution in [3.8, 4) is 0 Å². The summed E-state index contributed by atoms with van der Waals surface area (Å²) in [6.07, 6.45) is 3.34. The van der Waals surface area contributed by atoms with E-state index in [9.17, 15) is 4.79 Å². The number of ketones is 1. The number of carbonyl (C=O) groups excluding carboxylic acids is 1. The van der Waals surface area contributed by atoms with Gasteiger partial charge in [0.05, 0.1) is 13.2 Å². The van der Waals surface area contributed by atoms with E-state index in [2.05, 4.69) is 32.8 Å². The third kappa shape index (κ3) is 14.4. The third-order valence-corrected chi connectivity index (χ3v) is 3.94. The Labute approximate surface area is 127 Å². The minimum atomic E-state index is -1.05. The first-order valence-electron chi connectivity index (χ1n) is 7.74. The molecule has 0 radical (unpaired) electrons. The summed E-state index contributed by atoms with van der Waals surface area (Å²) in [5.74, 6) is 0.221. The number of hydrogen-bond acceptors (Lipinski definition) is 4. The van der Waals surface area contributed by atoms with Gasteiger partial charge >= 0.3 is 0 Å². The number of nitrogens with one attached hydrogen (secondary N) is 1. The Balaban J connectivity index is 0. The van der Waals surface area contributed by atoms with Crippen LogP contribution in [0.1, 0.15) is 74.1 Å². The molecule has 0 saturated carbocycles. The highest BCUT2D eigenvalue weighted by Crippen LogP contribution is 2.37. The monoisotopic (exact) mass is 307 g/mol. The van der Waals surface area contributed by atoms with Gasteiger partial charge in [0.1, 0.15) is 5.78 Å². The van der Waals surface area contributed by atoms with E-state index in [1.807, 2.05) is 13.8 Å². The second-order valence-corrected chi connectivity index (χ2v) is 6.38. The summed E-state index contributed by atoms with van der Waals surface area (Å²) in [4.78, 5) is 11.0. The maximum atomic E-state index is 11.0. The van der Waals surface area contributed by atoms with Crippen LogP contribution in [0.25, 0.3) is 0 Å². The normalized spacial score (nSPS) is 11.2. The zero-order valence-corrected chi connectivity index (χ0v) is 15.3. The van der Waals surface area contributed by atoms with Crippen LogP contribution in [0.4, 0.5) is 0 Å². The van der Waals surface area contributed by atoms with Gasteiger partial charge in [0.2, 0.25) is 0 Å². The Morgan fingerprint density at radius 1 is 1.10 bits per heavy atom. The number of Topliss-reactive ketones (excluding diaryl/α,β-unsaturated/α-hetero) is 1. The van der Waals surface area contributed by atoms with Crippen molar-refractivity contribution in [1.82, 2.24) is 5.09 Å². The molecule has 0 aromatic heterocycles. The van der Waals surface area contributed by atoms with E-state index in [0.29, 0.717) is 19.6 Å². The van der Waals surface area contributed by atoms with Gasteiger partial charge in [-0.25, -0.2) is 5.09 Å². The molecule has 122 valence electrons. The predicted octanol–water partition coefficient (Wildman–Crippen LogP) is 4.83. The second-order valence-electron chi connectivity index (χ2n) is 5.12. The van der Waals surface area contributed by atoms with E-state index in [1.54, 1.807) is 6.92 Å². The zero-order chi connectivity index (χ0) is 16.0. The van der Waals surface area contributed by atoms with Gasteiger partial charge in [-0.2, -0.15) is 0 Å². The fraction of sp³-hybridized carbons (Fsp3) is 0.933. The molecule has 0 bridgehead atoms.